The van der Waals surface area contributed by atoms with Gasteiger partial charge in [-0.3, -0.25) is 14.8 Å². The second-order valence-corrected chi connectivity index (χ2v) is 14.3. The summed E-state index contributed by atoms with van der Waals surface area (Å²) in [6, 6.07) is 19.2. The highest BCUT2D eigenvalue weighted by atomic mass is 19.4. The number of rotatable bonds is 8. The third kappa shape index (κ3) is 7.12. The van der Waals surface area contributed by atoms with Crippen molar-refractivity contribution in [3.8, 4) is 28.7 Å². The number of likely N-dealkylation sites (tertiary alicyclic amines) is 2. The first-order chi connectivity index (χ1) is 26.0. The van der Waals surface area contributed by atoms with E-state index in [-0.39, 0.29) is 16.9 Å². The Hall–Kier alpha value is -5.42. The van der Waals surface area contributed by atoms with Gasteiger partial charge in [0.1, 0.15) is 17.1 Å². The topological polar surface area (TPSA) is 127 Å². The Labute approximate surface area is 310 Å². The molecule has 0 radical (unpaired) electrons. The number of benzene rings is 3. The van der Waals surface area contributed by atoms with Crippen LogP contribution in [0, 0.1) is 25.2 Å². The molecule has 2 fully saturated rings. The van der Waals surface area contributed by atoms with Crippen LogP contribution >= 0.6 is 0 Å². The lowest BCUT2D eigenvalue weighted by Crippen LogP contribution is -2.29. The van der Waals surface area contributed by atoms with E-state index in [9.17, 15) is 23.5 Å². The lowest BCUT2D eigenvalue weighted by Gasteiger charge is -2.26. The van der Waals surface area contributed by atoms with Crippen molar-refractivity contribution in [3.05, 3.63) is 94.4 Å². The average molecular weight is 733 g/mol. The summed E-state index contributed by atoms with van der Waals surface area (Å²) in [5.74, 6) is -0.913. The summed E-state index contributed by atoms with van der Waals surface area (Å²) in [7, 11) is 0. The molecule has 2 aliphatic heterocycles. The zero-order chi connectivity index (χ0) is 37.6. The second kappa shape index (κ2) is 14.4. The maximum Gasteiger partial charge on any atom is 0.451 e. The number of halogens is 3. The first-order valence-corrected chi connectivity index (χ1v) is 18.2. The first-order valence-electron chi connectivity index (χ1n) is 18.2. The Morgan fingerprint density at radius 2 is 1.59 bits per heavy atom. The summed E-state index contributed by atoms with van der Waals surface area (Å²) in [5.41, 5.74) is 8.30. The van der Waals surface area contributed by atoms with E-state index in [2.05, 4.69) is 31.2 Å². The van der Waals surface area contributed by atoms with Crippen molar-refractivity contribution in [1.82, 2.24) is 29.7 Å². The lowest BCUT2D eigenvalue weighted by molar-refractivity contribution is -0.144. The van der Waals surface area contributed by atoms with E-state index in [1.807, 2.05) is 61.2 Å². The van der Waals surface area contributed by atoms with Gasteiger partial charge in [-0.1, -0.05) is 30.7 Å². The molecule has 13 heteroatoms. The number of nitriles is 1. The molecule has 276 valence electrons. The molecule has 0 aliphatic carbocycles. The van der Waals surface area contributed by atoms with E-state index in [1.165, 1.54) is 19.3 Å². The fourth-order valence-corrected chi connectivity index (χ4v) is 7.68. The van der Waals surface area contributed by atoms with Gasteiger partial charge < -0.3 is 14.8 Å². The van der Waals surface area contributed by atoms with E-state index in [4.69, 9.17) is 9.40 Å². The number of piperidine rings is 1. The SMILES string of the molecule is Cc1c(Nc2nc(C(F)(F)F)nc3cc(CN4CC[C@@H](O)C4)cnc23)cccc1-c1cccc(-c2nc3cc(CN4CCCCC4)cc(C#N)c3o2)c1C. The second-order valence-electron chi connectivity index (χ2n) is 14.3. The fraction of sp³-hybridized carbons (Fsp3) is 0.341. The van der Waals surface area contributed by atoms with Crippen LogP contribution in [0.4, 0.5) is 24.7 Å². The van der Waals surface area contributed by atoms with Gasteiger partial charge in [0.15, 0.2) is 11.4 Å². The Morgan fingerprint density at radius 1 is 0.870 bits per heavy atom. The summed E-state index contributed by atoms with van der Waals surface area (Å²) in [6.07, 6.45) is 0.680. The number of pyridine rings is 1. The summed E-state index contributed by atoms with van der Waals surface area (Å²) >= 11 is 0. The largest absolute Gasteiger partial charge is 0.451 e. The van der Waals surface area contributed by atoms with Gasteiger partial charge in [0, 0.05) is 43.6 Å². The Kier molecular flexibility index (Phi) is 9.51. The minimum Gasteiger partial charge on any atom is -0.435 e. The molecule has 0 amide bonds. The van der Waals surface area contributed by atoms with Crippen LogP contribution in [0.15, 0.2) is 65.2 Å². The standard InChI is InChI=1S/C41H39F3N8O2/c1-24-30(8-6-10-32(24)39-48-35-17-26(16-28(19-45)37(35)54-39)21-51-13-4-3-5-14-51)31-9-7-11-33(25(31)2)47-38-36-34(49-40(50-38)41(42,43)44)18-27(20-46-36)22-52-15-12-29(53)23-52/h6-11,16-18,20,29,53H,3-5,12-15,21-23H2,1-2H3,(H,47,49,50)/t29-/m1/s1. The van der Waals surface area contributed by atoms with Gasteiger partial charge in [0.2, 0.25) is 11.7 Å². The van der Waals surface area contributed by atoms with Gasteiger partial charge in [0.05, 0.1) is 17.2 Å². The Bertz CT molecular complexity index is 2420. The van der Waals surface area contributed by atoms with Crippen molar-refractivity contribution in [2.45, 2.75) is 64.9 Å². The normalized spacial score (nSPS) is 17.0. The smallest absolute Gasteiger partial charge is 0.435 e. The number of hydrogen-bond donors (Lipinski definition) is 2. The summed E-state index contributed by atoms with van der Waals surface area (Å²) in [4.78, 5) is 21.6. The predicted octanol–water partition coefficient (Wildman–Crippen LogP) is 8.30. The number of nitrogens with one attached hydrogen (secondary N) is 1. The predicted molar refractivity (Wildman–Crippen MR) is 200 cm³/mol. The molecule has 2 aliphatic rings. The van der Waals surface area contributed by atoms with Crippen molar-refractivity contribution >= 4 is 33.6 Å². The molecule has 8 rings (SSSR count). The molecular weight excluding hydrogens is 693 g/mol. The molecule has 10 nitrogen and oxygen atoms in total. The number of hydrogen-bond acceptors (Lipinski definition) is 10. The molecule has 2 saturated heterocycles. The van der Waals surface area contributed by atoms with E-state index < -0.39 is 18.1 Å². The minimum atomic E-state index is -4.78. The van der Waals surface area contributed by atoms with Crippen LogP contribution in [-0.4, -0.2) is 67.1 Å². The maximum absolute atomic E-state index is 14.1. The van der Waals surface area contributed by atoms with Gasteiger partial charge in [0.25, 0.3) is 0 Å². The zero-order valence-electron chi connectivity index (χ0n) is 30.0. The first kappa shape index (κ1) is 35.6. The molecule has 0 bridgehead atoms. The summed E-state index contributed by atoms with van der Waals surface area (Å²) < 4.78 is 48.5. The van der Waals surface area contributed by atoms with Gasteiger partial charge in [-0.15, -0.1) is 0 Å². The van der Waals surface area contributed by atoms with Crippen molar-refractivity contribution in [2.75, 3.05) is 31.5 Å². The monoisotopic (exact) mass is 732 g/mol. The van der Waals surface area contributed by atoms with Crippen LogP contribution < -0.4 is 5.32 Å². The zero-order valence-corrected chi connectivity index (χ0v) is 30.0. The minimum absolute atomic E-state index is 0.0550. The molecular formula is C41H39F3N8O2. The molecule has 3 aromatic heterocycles. The number of fused-ring (bicyclic) bond motifs is 2. The van der Waals surface area contributed by atoms with Crippen LogP contribution in [0.1, 0.15) is 59.3 Å². The number of anilines is 2. The van der Waals surface area contributed by atoms with Crippen molar-refractivity contribution in [1.29, 1.82) is 5.26 Å². The number of nitrogens with zero attached hydrogens (tertiary/aromatic N) is 7. The molecule has 1 atom stereocenters. The van der Waals surface area contributed by atoms with Crippen LogP contribution in [0.3, 0.4) is 0 Å². The van der Waals surface area contributed by atoms with Gasteiger partial charge in [-0.2, -0.15) is 18.4 Å². The van der Waals surface area contributed by atoms with Crippen LogP contribution in [0.25, 0.3) is 44.7 Å². The fourth-order valence-electron chi connectivity index (χ4n) is 7.68. The maximum atomic E-state index is 14.1. The molecule has 2 N–H and O–H groups in total. The molecule has 0 spiro atoms. The van der Waals surface area contributed by atoms with Gasteiger partial charge in [-0.05, 0) is 110 Å². The molecule has 5 heterocycles. The van der Waals surface area contributed by atoms with Crippen molar-refractivity contribution < 1.29 is 22.7 Å². The number of alkyl halides is 3. The lowest BCUT2D eigenvalue weighted by atomic mass is 9.93. The van der Waals surface area contributed by atoms with Crippen LogP contribution in [0.2, 0.25) is 0 Å². The van der Waals surface area contributed by atoms with Crippen molar-refractivity contribution in [3.63, 3.8) is 0 Å². The van der Waals surface area contributed by atoms with E-state index >= 15 is 0 Å². The average Bonchev–Trinajstić information content (AvgIpc) is 3.77. The highest BCUT2D eigenvalue weighted by Crippen LogP contribution is 2.38. The number of oxazole rings is 1. The summed E-state index contributed by atoms with van der Waals surface area (Å²) in [6.45, 7) is 8.35. The highest BCUT2D eigenvalue weighted by Gasteiger charge is 2.36. The van der Waals surface area contributed by atoms with E-state index in [0.717, 1.165) is 53.0 Å². The third-order valence-corrected chi connectivity index (χ3v) is 10.5. The molecule has 0 unspecified atom stereocenters. The number of β-amino-alcohol motifs (C(OH)–C–C–N with tert-alkyl or cyclic N) is 1. The van der Waals surface area contributed by atoms with Crippen molar-refractivity contribution in [2.24, 2.45) is 0 Å². The highest BCUT2D eigenvalue weighted by molar-refractivity contribution is 5.90. The number of aromatic nitrogens is 4. The molecule has 3 aromatic carbocycles. The quantitative estimate of drug-likeness (QED) is 0.158. The molecule has 54 heavy (non-hydrogen) atoms. The Balaban J connectivity index is 1.12. The van der Waals surface area contributed by atoms with E-state index in [1.54, 1.807) is 18.3 Å². The van der Waals surface area contributed by atoms with Gasteiger partial charge >= 0.3 is 6.18 Å². The number of aliphatic hydroxyl groups excluding tert-OH is 1. The third-order valence-electron chi connectivity index (χ3n) is 10.5. The molecule has 0 saturated carbocycles. The van der Waals surface area contributed by atoms with E-state index in [0.29, 0.717) is 59.9 Å². The Morgan fingerprint density at radius 3 is 2.33 bits per heavy atom. The number of aliphatic hydroxyl groups is 1. The van der Waals surface area contributed by atoms with Crippen LogP contribution in [-0.2, 0) is 19.3 Å². The van der Waals surface area contributed by atoms with Crippen LogP contribution in [0.5, 0.6) is 0 Å². The van der Waals surface area contributed by atoms with Gasteiger partial charge in [-0.25, -0.2) is 15.0 Å². The summed E-state index contributed by atoms with van der Waals surface area (Å²) in [5, 5.41) is 23.1. The molecule has 6 aromatic rings.